The highest BCUT2D eigenvalue weighted by atomic mass is 32.1. The zero-order valence-corrected chi connectivity index (χ0v) is 10.3. The fraction of sp³-hybridized carbons (Fsp3) is 1.00. The zero-order chi connectivity index (χ0) is 10.3. The van der Waals surface area contributed by atoms with E-state index in [4.69, 9.17) is 0 Å². The van der Waals surface area contributed by atoms with E-state index in [1.165, 1.54) is 6.54 Å². The monoisotopic (exact) mass is 204 g/mol. The van der Waals surface area contributed by atoms with E-state index in [0.717, 1.165) is 31.3 Å². The highest BCUT2D eigenvalue weighted by Crippen LogP contribution is 1.98. The summed E-state index contributed by atoms with van der Waals surface area (Å²) in [6, 6.07) is 0. The van der Waals surface area contributed by atoms with Gasteiger partial charge in [-0.3, -0.25) is 0 Å². The average Bonchev–Trinajstić information content (AvgIpc) is 1.99. The van der Waals surface area contributed by atoms with Crippen molar-refractivity contribution >= 4 is 12.6 Å². The maximum Gasteiger partial charge on any atom is 0.0110 e. The summed E-state index contributed by atoms with van der Waals surface area (Å²) in [5.74, 6) is 1.71. The Morgan fingerprint density at radius 2 is 1.69 bits per heavy atom. The third-order valence-corrected chi connectivity index (χ3v) is 2.10. The molecule has 0 amide bonds. The minimum Gasteiger partial charge on any atom is -0.308 e. The van der Waals surface area contributed by atoms with Gasteiger partial charge in [0.05, 0.1) is 0 Å². The van der Waals surface area contributed by atoms with Crippen molar-refractivity contribution in [2.24, 2.45) is 5.92 Å². The first-order chi connectivity index (χ1) is 6.06. The Hall–Kier alpha value is 0.270. The molecule has 0 aliphatic rings. The summed E-state index contributed by atoms with van der Waals surface area (Å²) in [5, 5.41) is 0. The van der Waals surface area contributed by atoms with Crippen LogP contribution >= 0.6 is 12.6 Å². The largest absolute Gasteiger partial charge is 0.308 e. The van der Waals surface area contributed by atoms with Crippen LogP contribution in [0.15, 0.2) is 0 Å². The second-order valence-corrected chi connectivity index (χ2v) is 4.67. The normalized spacial score (nSPS) is 12.0. The molecule has 13 heavy (non-hydrogen) atoms. The van der Waals surface area contributed by atoms with Gasteiger partial charge in [-0.1, -0.05) is 13.8 Å². The summed E-state index contributed by atoms with van der Waals surface area (Å²) < 4.78 is 0. The second kappa shape index (κ2) is 7.65. The summed E-state index contributed by atoms with van der Waals surface area (Å²) in [6.45, 7) is 9.12. The Labute approximate surface area is 88.7 Å². The van der Waals surface area contributed by atoms with Gasteiger partial charge < -0.3 is 9.80 Å². The van der Waals surface area contributed by atoms with Gasteiger partial charge in [0.15, 0.2) is 0 Å². The van der Waals surface area contributed by atoms with Crippen LogP contribution in [0, 0.1) is 5.92 Å². The van der Waals surface area contributed by atoms with Crippen molar-refractivity contribution in [3.8, 4) is 0 Å². The van der Waals surface area contributed by atoms with Crippen LogP contribution in [-0.4, -0.2) is 55.8 Å². The molecule has 3 heteroatoms. The van der Waals surface area contributed by atoms with E-state index in [2.05, 4.69) is 50.4 Å². The molecule has 0 spiro atoms. The third-order valence-electron chi connectivity index (χ3n) is 1.90. The van der Waals surface area contributed by atoms with Crippen LogP contribution in [0.25, 0.3) is 0 Å². The van der Waals surface area contributed by atoms with Gasteiger partial charge in [-0.25, -0.2) is 0 Å². The number of rotatable bonds is 7. The zero-order valence-electron chi connectivity index (χ0n) is 9.45. The van der Waals surface area contributed by atoms with Crippen molar-refractivity contribution in [2.75, 3.05) is 46.0 Å². The summed E-state index contributed by atoms with van der Waals surface area (Å²) >= 11 is 4.27. The van der Waals surface area contributed by atoms with Gasteiger partial charge in [-0.05, 0) is 20.0 Å². The van der Waals surface area contributed by atoms with Crippen LogP contribution < -0.4 is 0 Å². The topological polar surface area (TPSA) is 6.48 Å². The van der Waals surface area contributed by atoms with Crippen LogP contribution in [0.2, 0.25) is 0 Å². The maximum absolute atomic E-state index is 4.27. The molecule has 0 atom stereocenters. The summed E-state index contributed by atoms with van der Waals surface area (Å²) in [4.78, 5) is 4.71. The molecule has 2 nitrogen and oxygen atoms in total. The standard InChI is InChI=1S/C10H24N2S/c1-10(2)9-12(7-8-13)6-5-11(3)4/h10,13H,5-9H2,1-4H3. The molecular weight excluding hydrogens is 180 g/mol. The predicted molar refractivity (Wildman–Crippen MR) is 63.7 cm³/mol. The molecule has 0 N–H and O–H groups in total. The molecule has 0 bridgehead atoms. The van der Waals surface area contributed by atoms with Crippen molar-refractivity contribution < 1.29 is 0 Å². The van der Waals surface area contributed by atoms with Gasteiger partial charge in [0.25, 0.3) is 0 Å². The molecule has 0 aromatic heterocycles. The smallest absolute Gasteiger partial charge is 0.0110 e. The number of likely N-dealkylation sites (N-methyl/N-ethyl adjacent to an activating group) is 1. The van der Waals surface area contributed by atoms with Crippen molar-refractivity contribution in [3.05, 3.63) is 0 Å². The van der Waals surface area contributed by atoms with Crippen LogP contribution in [-0.2, 0) is 0 Å². The van der Waals surface area contributed by atoms with Crippen molar-refractivity contribution in [1.29, 1.82) is 0 Å². The van der Waals surface area contributed by atoms with Gasteiger partial charge in [-0.15, -0.1) is 0 Å². The first-order valence-corrected chi connectivity index (χ1v) is 5.67. The van der Waals surface area contributed by atoms with E-state index < -0.39 is 0 Å². The Kier molecular flexibility index (Phi) is 7.81. The van der Waals surface area contributed by atoms with Gasteiger partial charge in [-0.2, -0.15) is 12.6 Å². The lowest BCUT2D eigenvalue weighted by atomic mass is 10.2. The molecule has 0 heterocycles. The van der Waals surface area contributed by atoms with Crippen LogP contribution in [0.1, 0.15) is 13.8 Å². The molecule has 0 rings (SSSR count). The van der Waals surface area contributed by atoms with Gasteiger partial charge in [0.2, 0.25) is 0 Å². The Balaban J connectivity index is 3.66. The fourth-order valence-corrected chi connectivity index (χ4v) is 1.58. The Morgan fingerprint density at radius 3 is 2.08 bits per heavy atom. The summed E-state index contributed by atoms with van der Waals surface area (Å²) in [6.07, 6.45) is 0. The Morgan fingerprint density at radius 1 is 1.08 bits per heavy atom. The molecular formula is C10H24N2S. The first kappa shape index (κ1) is 13.3. The first-order valence-electron chi connectivity index (χ1n) is 5.04. The van der Waals surface area contributed by atoms with E-state index in [9.17, 15) is 0 Å². The van der Waals surface area contributed by atoms with Crippen molar-refractivity contribution in [1.82, 2.24) is 9.80 Å². The average molecular weight is 204 g/mol. The molecule has 80 valence electrons. The lowest BCUT2D eigenvalue weighted by Gasteiger charge is -2.24. The molecule has 0 fully saturated rings. The number of nitrogens with zero attached hydrogens (tertiary/aromatic N) is 2. The SMILES string of the molecule is CC(C)CN(CCS)CCN(C)C. The lowest BCUT2D eigenvalue weighted by molar-refractivity contribution is 0.230. The molecule has 0 aromatic rings. The third kappa shape index (κ3) is 8.60. The Bertz CT molecular complexity index is 115. The number of thiol groups is 1. The molecule has 0 saturated heterocycles. The van der Waals surface area contributed by atoms with Gasteiger partial charge >= 0.3 is 0 Å². The highest BCUT2D eigenvalue weighted by molar-refractivity contribution is 7.80. The summed E-state index contributed by atoms with van der Waals surface area (Å²) in [7, 11) is 4.24. The lowest BCUT2D eigenvalue weighted by Crippen LogP contribution is -2.35. The van der Waals surface area contributed by atoms with E-state index >= 15 is 0 Å². The van der Waals surface area contributed by atoms with E-state index in [1.807, 2.05) is 0 Å². The minimum absolute atomic E-state index is 0.752. The van der Waals surface area contributed by atoms with E-state index in [1.54, 1.807) is 0 Å². The fourth-order valence-electron chi connectivity index (χ4n) is 1.29. The second-order valence-electron chi connectivity index (χ2n) is 4.22. The van der Waals surface area contributed by atoms with Crippen molar-refractivity contribution in [2.45, 2.75) is 13.8 Å². The van der Waals surface area contributed by atoms with Gasteiger partial charge in [0.1, 0.15) is 0 Å². The molecule has 0 unspecified atom stereocenters. The molecule has 0 aromatic carbocycles. The molecule has 0 aliphatic carbocycles. The predicted octanol–water partition coefficient (Wildman–Crippen LogP) is 1.44. The maximum atomic E-state index is 4.27. The minimum atomic E-state index is 0.752. The quantitative estimate of drug-likeness (QED) is 0.627. The van der Waals surface area contributed by atoms with Crippen LogP contribution in [0.4, 0.5) is 0 Å². The number of hydrogen-bond acceptors (Lipinski definition) is 3. The molecule has 0 saturated carbocycles. The molecule has 0 aliphatic heterocycles. The van der Waals surface area contributed by atoms with Crippen LogP contribution in [0.3, 0.4) is 0 Å². The number of hydrogen-bond donors (Lipinski definition) is 1. The molecule has 0 radical (unpaired) electrons. The van der Waals surface area contributed by atoms with E-state index in [0.29, 0.717) is 0 Å². The highest BCUT2D eigenvalue weighted by Gasteiger charge is 2.06. The summed E-state index contributed by atoms with van der Waals surface area (Å²) in [5.41, 5.74) is 0. The van der Waals surface area contributed by atoms with Crippen molar-refractivity contribution in [3.63, 3.8) is 0 Å². The van der Waals surface area contributed by atoms with E-state index in [-0.39, 0.29) is 0 Å². The van der Waals surface area contributed by atoms with Crippen LogP contribution in [0.5, 0.6) is 0 Å². The van der Waals surface area contributed by atoms with Gasteiger partial charge in [0, 0.05) is 31.9 Å².